The maximum Gasteiger partial charge on any atom is 0.365 e. The first-order valence-electron chi connectivity index (χ1n) is 9.06. The topological polar surface area (TPSA) is 78.3 Å². The van der Waals surface area contributed by atoms with E-state index in [4.69, 9.17) is 14.2 Å². The van der Waals surface area contributed by atoms with Gasteiger partial charge in [0, 0.05) is 18.1 Å². The van der Waals surface area contributed by atoms with Crippen LogP contribution in [0.2, 0.25) is 0 Å². The molecule has 7 heteroatoms. The first-order valence-corrected chi connectivity index (χ1v) is 9.06. The van der Waals surface area contributed by atoms with Crippen LogP contribution >= 0.6 is 0 Å². The van der Waals surface area contributed by atoms with Gasteiger partial charge in [0.05, 0.1) is 27.0 Å². The minimum absolute atomic E-state index is 0.133. The van der Waals surface area contributed by atoms with Crippen molar-refractivity contribution in [2.75, 3.05) is 33.2 Å². The van der Waals surface area contributed by atoms with E-state index in [0.717, 1.165) is 16.0 Å². The van der Waals surface area contributed by atoms with Crippen LogP contribution in [0.3, 0.4) is 0 Å². The lowest BCUT2D eigenvalue weighted by molar-refractivity contribution is -0.924. The third-order valence-corrected chi connectivity index (χ3v) is 5.01. The Morgan fingerprint density at radius 2 is 1.82 bits per heavy atom. The van der Waals surface area contributed by atoms with Gasteiger partial charge in [-0.15, -0.1) is 0 Å². The number of anilines is 1. The molecule has 1 amide bonds. The van der Waals surface area contributed by atoms with E-state index in [1.165, 1.54) is 14.2 Å². The molecule has 0 bridgehead atoms. The molecule has 2 N–H and O–H groups in total. The number of ether oxygens (including phenoxy) is 3. The Hall–Kier alpha value is -3.06. The molecular formula is C21H25N2O5+. The van der Waals surface area contributed by atoms with Crippen LogP contribution in [0.15, 0.2) is 42.5 Å². The number of carbonyl (C=O) groups excluding carboxylic acids is 2. The highest BCUT2D eigenvalue weighted by molar-refractivity contribution is 5.93. The minimum atomic E-state index is -0.419. The number of benzene rings is 2. The zero-order valence-electron chi connectivity index (χ0n) is 16.3. The Morgan fingerprint density at radius 1 is 1.07 bits per heavy atom. The van der Waals surface area contributed by atoms with E-state index in [2.05, 4.69) is 5.32 Å². The zero-order chi connectivity index (χ0) is 20.1. The lowest BCUT2D eigenvalue weighted by Crippen LogP contribution is -3.17. The van der Waals surface area contributed by atoms with Crippen molar-refractivity contribution in [3.63, 3.8) is 0 Å². The Kier molecular flexibility index (Phi) is 6.16. The molecule has 7 nitrogen and oxygen atoms in total. The van der Waals surface area contributed by atoms with Crippen LogP contribution in [0.4, 0.5) is 5.69 Å². The highest BCUT2D eigenvalue weighted by atomic mass is 16.5. The number of fused-ring (bicyclic) bond motifs is 1. The highest BCUT2D eigenvalue weighted by Gasteiger charge is 2.37. The van der Waals surface area contributed by atoms with Gasteiger partial charge in [-0.1, -0.05) is 24.3 Å². The molecule has 0 aromatic heterocycles. The summed E-state index contributed by atoms with van der Waals surface area (Å²) >= 11 is 0. The molecule has 2 aromatic carbocycles. The molecule has 148 valence electrons. The Labute approximate surface area is 164 Å². The molecule has 1 unspecified atom stereocenters. The first kappa shape index (κ1) is 19.7. The molecule has 1 heterocycles. The Bertz CT molecular complexity index is 868. The maximum absolute atomic E-state index is 12.7. The highest BCUT2D eigenvalue weighted by Crippen LogP contribution is 2.28. The monoisotopic (exact) mass is 385 g/mol. The van der Waals surface area contributed by atoms with Gasteiger partial charge in [0.2, 0.25) is 0 Å². The van der Waals surface area contributed by atoms with Crippen LogP contribution in [0.1, 0.15) is 11.1 Å². The Morgan fingerprint density at radius 3 is 2.50 bits per heavy atom. The zero-order valence-corrected chi connectivity index (χ0v) is 16.3. The number of amides is 1. The molecule has 1 aliphatic heterocycles. The summed E-state index contributed by atoms with van der Waals surface area (Å²) in [5.41, 5.74) is 2.79. The van der Waals surface area contributed by atoms with E-state index in [-0.39, 0.29) is 18.4 Å². The summed E-state index contributed by atoms with van der Waals surface area (Å²) in [6, 6.07) is 12.8. The second-order valence-corrected chi connectivity index (χ2v) is 6.67. The number of methoxy groups -OCH3 is 3. The summed E-state index contributed by atoms with van der Waals surface area (Å²) in [5, 5.41) is 2.87. The molecule has 0 fully saturated rings. The average molecular weight is 385 g/mol. The second kappa shape index (κ2) is 8.75. The van der Waals surface area contributed by atoms with Crippen molar-refractivity contribution in [2.45, 2.75) is 19.0 Å². The molecule has 3 rings (SSSR count). The summed E-state index contributed by atoms with van der Waals surface area (Å²) in [5.74, 6) is 0.631. The molecular weight excluding hydrogens is 360 g/mol. The normalized spacial score (nSPS) is 18.0. The van der Waals surface area contributed by atoms with Gasteiger partial charge in [-0.3, -0.25) is 4.79 Å². The summed E-state index contributed by atoms with van der Waals surface area (Å²) < 4.78 is 15.5. The van der Waals surface area contributed by atoms with Crippen LogP contribution in [-0.2, 0) is 27.3 Å². The van der Waals surface area contributed by atoms with E-state index in [9.17, 15) is 9.59 Å². The van der Waals surface area contributed by atoms with Crippen LogP contribution in [0.25, 0.3) is 0 Å². The fourth-order valence-corrected chi connectivity index (χ4v) is 3.55. The molecule has 0 aliphatic carbocycles. The van der Waals surface area contributed by atoms with Crippen LogP contribution in [-0.4, -0.2) is 45.8 Å². The number of rotatable bonds is 6. The van der Waals surface area contributed by atoms with Gasteiger partial charge in [-0.2, -0.15) is 0 Å². The van der Waals surface area contributed by atoms with Crippen molar-refractivity contribution < 1.29 is 28.7 Å². The van der Waals surface area contributed by atoms with Crippen molar-refractivity contribution in [1.82, 2.24) is 0 Å². The molecule has 0 saturated carbocycles. The predicted molar refractivity (Wildman–Crippen MR) is 104 cm³/mol. The van der Waals surface area contributed by atoms with E-state index in [1.807, 2.05) is 24.3 Å². The lowest BCUT2D eigenvalue weighted by Gasteiger charge is -2.31. The average Bonchev–Trinajstić information content (AvgIpc) is 2.72. The van der Waals surface area contributed by atoms with Crippen LogP contribution in [0.5, 0.6) is 11.5 Å². The van der Waals surface area contributed by atoms with Gasteiger partial charge in [-0.05, 0) is 17.7 Å². The van der Waals surface area contributed by atoms with Crippen molar-refractivity contribution in [3.8, 4) is 11.5 Å². The third kappa shape index (κ3) is 4.26. The van der Waals surface area contributed by atoms with Gasteiger partial charge in [0.25, 0.3) is 5.91 Å². The van der Waals surface area contributed by atoms with Crippen LogP contribution in [0, 0.1) is 0 Å². The Balaban J connectivity index is 1.77. The van der Waals surface area contributed by atoms with Gasteiger partial charge in [-0.25, -0.2) is 4.79 Å². The summed E-state index contributed by atoms with van der Waals surface area (Å²) in [6.07, 6.45) is 0.550. The van der Waals surface area contributed by atoms with E-state index < -0.39 is 6.04 Å². The van der Waals surface area contributed by atoms with E-state index in [1.54, 1.807) is 25.3 Å². The van der Waals surface area contributed by atoms with E-state index >= 15 is 0 Å². The molecule has 0 spiro atoms. The van der Waals surface area contributed by atoms with Gasteiger partial charge >= 0.3 is 5.97 Å². The predicted octanol–water partition coefficient (Wildman–Crippen LogP) is 0.825. The lowest BCUT2D eigenvalue weighted by atomic mass is 9.94. The largest absolute Gasteiger partial charge is 0.497 e. The summed E-state index contributed by atoms with van der Waals surface area (Å²) in [4.78, 5) is 25.9. The van der Waals surface area contributed by atoms with Crippen molar-refractivity contribution >= 4 is 17.6 Å². The smallest absolute Gasteiger partial charge is 0.365 e. The standard InChI is InChI=1S/C21H24N2O5/c1-26-16-8-9-19(27-2)17(11-16)22-20(24)13-23-12-15-7-5-4-6-14(15)10-18(23)21(25)28-3/h4-9,11,18H,10,12-13H2,1-3H3,(H,22,24)/p+1/t18-/m0/s1. The summed E-state index contributed by atoms with van der Waals surface area (Å²) in [7, 11) is 4.48. The fraction of sp³-hybridized carbons (Fsp3) is 0.333. The SMILES string of the molecule is COC(=O)[C@@H]1Cc2ccccc2C[NH+]1CC(=O)Nc1cc(OC)ccc1OC. The number of nitrogens with one attached hydrogen (secondary N) is 2. The van der Waals surface area contributed by atoms with Crippen molar-refractivity contribution in [2.24, 2.45) is 0 Å². The molecule has 28 heavy (non-hydrogen) atoms. The molecule has 0 radical (unpaired) electrons. The number of esters is 1. The maximum atomic E-state index is 12.7. The second-order valence-electron chi connectivity index (χ2n) is 6.67. The number of carbonyl (C=O) groups is 2. The van der Waals surface area contributed by atoms with Gasteiger partial charge in [0.1, 0.15) is 18.0 Å². The van der Waals surface area contributed by atoms with E-state index in [0.29, 0.717) is 30.2 Å². The van der Waals surface area contributed by atoms with Gasteiger partial charge < -0.3 is 24.4 Å². The first-order chi connectivity index (χ1) is 13.5. The molecule has 2 aromatic rings. The fourth-order valence-electron chi connectivity index (χ4n) is 3.55. The number of quaternary nitrogens is 1. The summed E-state index contributed by atoms with van der Waals surface area (Å²) in [6.45, 7) is 0.715. The van der Waals surface area contributed by atoms with Crippen LogP contribution < -0.4 is 19.7 Å². The third-order valence-electron chi connectivity index (χ3n) is 5.01. The quantitative estimate of drug-likeness (QED) is 0.720. The van der Waals surface area contributed by atoms with Gasteiger partial charge in [0.15, 0.2) is 12.6 Å². The van der Waals surface area contributed by atoms with Crippen molar-refractivity contribution in [1.29, 1.82) is 0 Å². The number of hydrogen-bond acceptors (Lipinski definition) is 5. The van der Waals surface area contributed by atoms with Crippen molar-refractivity contribution in [3.05, 3.63) is 53.6 Å². The molecule has 0 saturated heterocycles. The minimum Gasteiger partial charge on any atom is -0.497 e. The number of hydrogen-bond donors (Lipinski definition) is 2. The molecule has 2 atom stereocenters. The molecule has 1 aliphatic rings.